The summed E-state index contributed by atoms with van der Waals surface area (Å²) in [5.41, 5.74) is 5.72. The van der Waals surface area contributed by atoms with E-state index < -0.39 is 16.1 Å². The number of aromatic nitrogens is 2. The highest BCUT2D eigenvalue weighted by molar-refractivity contribution is 7.90. The molecule has 0 spiro atoms. The fourth-order valence-electron chi connectivity index (χ4n) is 3.27. The number of nitrogens with two attached hydrogens (primary N) is 1. The zero-order valence-electron chi connectivity index (χ0n) is 27.4. The number of carbonyl (C=O) groups is 1. The van der Waals surface area contributed by atoms with Crippen LogP contribution in [0, 0.1) is 11.8 Å². The second-order valence-electron chi connectivity index (χ2n) is 9.79. The molecular formula is C30H52N4O12S. The number of sulfone groups is 1. The van der Waals surface area contributed by atoms with Gasteiger partial charge in [-0.1, -0.05) is 11.8 Å². The topological polar surface area (TPSA) is 209 Å². The molecule has 0 aliphatic heterocycles. The first kappa shape index (κ1) is 42.7. The van der Waals surface area contributed by atoms with Crippen molar-refractivity contribution >= 4 is 15.7 Å². The maximum Gasteiger partial charge on any atom is 0.246 e. The van der Waals surface area contributed by atoms with Crippen molar-refractivity contribution in [2.75, 3.05) is 119 Å². The number of rotatable bonds is 31. The molecule has 0 radical (unpaired) electrons. The van der Waals surface area contributed by atoms with Gasteiger partial charge in [-0.15, -0.1) is 0 Å². The van der Waals surface area contributed by atoms with E-state index in [0.29, 0.717) is 144 Å². The fourth-order valence-corrected chi connectivity index (χ4v) is 3.76. The van der Waals surface area contributed by atoms with Crippen molar-refractivity contribution in [1.29, 1.82) is 0 Å². The molecule has 0 aromatic carbocycles. The smallest absolute Gasteiger partial charge is 0.246 e. The Morgan fingerprint density at radius 1 is 0.766 bits per heavy atom. The molecule has 47 heavy (non-hydrogen) atoms. The number of nitrogens with one attached hydrogen (secondary N) is 1. The summed E-state index contributed by atoms with van der Waals surface area (Å²) < 4.78 is 66.0. The zero-order valence-corrected chi connectivity index (χ0v) is 28.2. The Morgan fingerprint density at radius 3 is 1.57 bits per heavy atom. The van der Waals surface area contributed by atoms with Crippen LogP contribution in [0.15, 0.2) is 17.6 Å². The van der Waals surface area contributed by atoms with Gasteiger partial charge < -0.3 is 54.1 Å². The lowest BCUT2D eigenvalue weighted by Crippen LogP contribution is -2.27. The van der Waals surface area contributed by atoms with Crippen LogP contribution in [-0.2, 0) is 52.5 Å². The van der Waals surface area contributed by atoms with E-state index in [9.17, 15) is 13.2 Å². The molecule has 1 rings (SSSR count). The third kappa shape index (κ3) is 28.4. The lowest BCUT2D eigenvalue weighted by molar-refractivity contribution is -0.121. The van der Waals surface area contributed by atoms with Gasteiger partial charge in [0.1, 0.15) is 6.23 Å². The summed E-state index contributed by atoms with van der Waals surface area (Å²) in [6.45, 7) is 7.65. The number of carbonyl (C=O) groups excluding carboxylic acids is 1. The van der Waals surface area contributed by atoms with Gasteiger partial charge in [0, 0.05) is 44.5 Å². The van der Waals surface area contributed by atoms with Crippen LogP contribution < -0.4 is 11.1 Å². The summed E-state index contributed by atoms with van der Waals surface area (Å²) in [5, 5.41) is 11.5. The third-order valence-electron chi connectivity index (χ3n) is 5.63. The molecule has 16 nitrogen and oxygen atoms in total. The molecule has 0 saturated heterocycles. The van der Waals surface area contributed by atoms with E-state index in [4.69, 9.17) is 48.7 Å². The van der Waals surface area contributed by atoms with Gasteiger partial charge in [0.2, 0.25) is 20.9 Å². The fraction of sp³-hybridized carbons (Fsp3) is 0.767. The SMILES string of the molecule is CS(=O)(=O)c1ncc(C#CCCCC(=O)NCCOCCOCCOCCOCCOCCOCCOCCOCCC(N)O)cn1. The summed E-state index contributed by atoms with van der Waals surface area (Å²) in [5.74, 6) is 5.69. The minimum Gasteiger partial charge on any atom is -0.379 e. The van der Waals surface area contributed by atoms with Crippen molar-refractivity contribution in [3.05, 3.63) is 18.0 Å². The first-order valence-corrected chi connectivity index (χ1v) is 17.5. The Morgan fingerprint density at radius 2 is 1.17 bits per heavy atom. The van der Waals surface area contributed by atoms with E-state index in [1.807, 2.05) is 0 Å². The highest BCUT2D eigenvalue weighted by Gasteiger charge is 2.09. The number of hydrogen-bond donors (Lipinski definition) is 3. The summed E-state index contributed by atoms with van der Waals surface area (Å²) in [4.78, 5) is 19.4. The highest BCUT2D eigenvalue weighted by Crippen LogP contribution is 2.01. The lowest BCUT2D eigenvalue weighted by Gasteiger charge is -2.09. The Labute approximate surface area is 278 Å². The number of aliphatic hydroxyl groups is 1. The number of ether oxygens (including phenoxy) is 8. The molecule has 1 atom stereocenters. The van der Waals surface area contributed by atoms with Crippen molar-refractivity contribution < 1.29 is 56.2 Å². The largest absolute Gasteiger partial charge is 0.379 e. The van der Waals surface area contributed by atoms with Gasteiger partial charge in [0.15, 0.2) is 0 Å². The van der Waals surface area contributed by atoms with E-state index in [0.717, 1.165) is 6.26 Å². The molecule has 0 saturated carbocycles. The van der Waals surface area contributed by atoms with Crippen molar-refractivity contribution in [2.45, 2.75) is 37.1 Å². The van der Waals surface area contributed by atoms with E-state index in [-0.39, 0.29) is 11.1 Å². The predicted octanol–water partition coefficient (Wildman–Crippen LogP) is -0.682. The molecule has 0 aliphatic rings. The van der Waals surface area contributed by atoms with Crippen LogP contribution >= 0.6 is 0 Å². The lowest BCUT2D eigenvalue weighted by atomic mass is 10.2. The number of hydrogen-bond acceptors (Lipinski definition) is 15. The van der Waals surface area contributed by atoms with Crippen LogP contribution in [0.1, 0.15) is 31.2 Å². The monoisotopic (exact) mass is 692 g/mol. The summed E-state index contributed by atoms with van der Waals surface area (Å²) in [6, 6.07) is 0. The van der Waals surface area contributed by atoms with Crippen LogP contribution in [0.4, 0.5) is 0 Å². The maximum atomic E-state index is 11.9. The molecule has 1 heterocycles. The second-order valence-corrected chi connectivity index (χ2v) is 11.7. The van der Waals surface area contributed by atoms with Crippen LogP contribution in [0.3, 0.4) is 0 Å². The standard InChI is InChI=1S/C30H52N4O12S/c1-47(37,38)30-33-25-27(26-34-30)5-3-2-4-6-29(36)32-8-10-40-12-14-42-16-18-44-20-22-46-24-23-45-21-19-43-17-15-41-13-11-39-9-7-28(31)35/h25-26,28,35H,2,4,6-24,31H2,1H3,(H,32,36). The molecule has 0 aliphatic carbocycles. The Balaban J connectivity index is 1.75. The Kier molecular flexibility index (Phi) is 27.0. The van der Waals surface area contributed by atoms with Crippen molar-refractivity contribution in [2.24, 2.45) is 5.73 Å². The van der Waals surface area contributed by atoms with Gasteiger partial charge >= 0.3 is 0 Å². The molecule has 0 fully saturated rings. The highest BCUT2D eigenvalue weighted by atomic mass is 32.2. The molecular weight excluding hydrogens is 640 g/mol. The molecule has 270 valence electrons. The van der Waals surface area contributed by atoms with Gasteiger partial charge in [0.05, 0.1) is 111 Å². The molecule has 4 N–H and O–H groups in total. The van der Waals surface area contributed by atoms with E-state index >= 15 is 0 Å². The molecule has 1 amide bonds. The minimum atomic E-state index is -3.44. The average molecular weight is 693 g/mol. The van der Waals surface area contributed by atoms with Gasteiger partial charge in [-0.05, 0) is 6.42 Å². The van der Waals surface area contributed by atoms with E-state index in [2.05, 4.69) is 27.1 Å². The van der Waals surface area contributed by atoms with Gasteiger partial charge in [-0.25, -0.2) is 18.4 Å². The van der Waals surface area contributed by atoms with Gasteiger partial charge in [-0.3, -0.25) is 4.79 Å². The summed E-state index contributed by atoms with van der Waals surface area (Å²) >= 11 is 0. The number of aliphatic hydroxyl groups excluding tert-OH is 1. The molecule has 1 aromatic rings. The third-order valence-corrected chi connectivity index (χ3v) is 6.50. The predicted molar refractivity (Wildman–Crippen MR) is 170 cm³/mol. The van der Waals surface area contributed by atoms with Crippen LogP contribution in [0.5, 0.6) is 0 Å². The molecule has 0 bridgehead atoms. The van der Waals surface area contributed by atoms with Crippen molar-refractivity contribution in [3.63, 3.8) is 0 Å². The summed E-state index contributed by atoms with van der Waals surface area (Å²) in [7, 11) is -3.44. The van der Waals surface area contributed by atoms with Crippen LogP contribution in [0.25, 0.3) is 0 Å². The number of unbranched alkanes of at least 4 members (excludes halogenated alkanes) is 1. The van der Waals surface area contributed by atoms with Gasteiger partial charge in [-0.2, -0.15) is 0 Å². The van der Waals surface area contributed by atoms with Crippen molar-refractivity contribution in [1.82, 2.24) is 15.3 Å². The zero-order chi connectivity index (χ0) is 34.3. The normalized spacial score (nSPS) is 12.1. The van der Waals surface area contributed by atoms with E-state index in [1.54, 1.807) is 0 Å². The van der Waals surface area contributed by atoms with Crippen LogP contribution in [-0.4, -0.2) is 154 Å². The number of nitrogens with zero attached hydrogens (tertiary/aromatic N) is 2. The van der Waals surface area contributed by atoms with Crippen molar-refractivity contribution in [3.8, 4) is 11.8 Å². The maximum absolute atomic E-state index is 11.9. The molecule has 1 aromatic heterocycles. The molecule has 1 unspecified atom stereocenters. The Bertz CT molecular complexity index is 1070. The second kappa shape index (κ2) is 29.8. The average Bonchev–Trinajstić information content (AvgIpc) is 3.04. The Hall–Kier alpha value is -2.34. The van der Waals surface area contributed by atoms with Crippen LogP contribution in [0.2, 0.25) is 0 Å². The first-order valence-electron chi connectivity index (χ1n) is 15.6. The molecule has 17 heteroatoms. The van der Waals surface area contributed by atoms with E-state index in [1.165, 1.54) is 12.4 Å². The minimum absolute atomic E-state index is 0.0781. The van der Waals surface area contributed by atoms with Gasteiger partial charge in [0.25, 0.3) is 0 Å². The summed E-state index contributed by atoms with van der Waals surface area (Å²) in [6.07, 6.45) is 4.77. The quantitative estimate of drug-likeness (QED) is 0.0381. The number of amides is 1. The first-order chi connectivity index (χ1) is 22.8.